The van der Waals surface area contributed by atoms with Gasteiger partial charge >= 0.3 is 0 Å². The number of hydrogen-bond donors (Lipinski definition) is 1. The molecular weight excluding hydrogens is 306 g/mol. The molecule has 1 amide bonds. The summed E-state index contributed by atoms with van der Waals surface area (Å²) in [6.45, 7) is 4.37. The number of carbonyl (C=O) groups is 1. The molecule has 0 radical (unpaired) electrons. The molecule has 2 saturated heterocycles. The molecule has 2 aliphatic heterocycles. The zero-order chi connectivity index (χ0) is 14.8. The highest BCUT2D eigenvalue weighted by atomic mass is 35.5. The molecule has 116 valence electrons. The lowest BCUT2D eigenvalue weighted by molar-refractivity contribution is -0.131. The standard InChI is InChI=1S/C15H22ClN3OS/c1-18(8-12-4-5-14(16)21-12)15(20)10-19-7-11-3-2-6-17-13(11)9-19/h4-5,11,13,17H,2-3,6-10H2,1H3. The van der Waals surface area contributed by atoms with Crippen LogP contribution in [0.4, 0.5) is 0 Å². The molecule has 0 spiro atoms. The predicted octanol–water partition coefficient (Wildman–Crippen LogP) is 2.04. The summed E-state index contributed by atoms with van der Waals surface area (Å²) in [4.78, 5) is 17.6. The van der Waals surface area contributed by atoms with Gasteiger partial charge in [0, 0.05) is 31.1 Å². The van der Waals surface area contributed by atoms with E-state index in [2.05, 4.69) is 10.2 Å². The van der Waals surface area contributed by atoms with Crippen molar-refractivity contribution in [1.29, 1.82) is 0 Å². The van der Waals surface area contributed by atoms with Crippen molar-refractivity contribution in [1.82, 2.24) is 15.1 Å². The van der Waals surface area contributed by atoms with E-state index >= 15 is 0 Å². The molecule has 1 aromatic heterocycles. The van der Waals surface area contributed by atoms with E-state index in [1.165, 1.54) is 12.8 Å². The van der Waals surface area contributed by atoms with Crippen LogP contribution in [-0.2, 0) is 11.3 Å². The molecule has 0 aliphatic carbocycles. The van der Waals surface area contributed by atoms with Crippen molar-refractivity contribution in [3.63, 3.8) is 0 Å². The zero-order valence-corrected chi connectivity index (χ0v) is 13.9. The topological polar surface area (TPSA) is 35.6 Å². The van der Waals surface area contributed by atoms with Crippen LogP contribution in [0.3, 0.4) is 0 Å². The summed E-state index contributed by atoms with van der Waals surface area (Å²) in [5.74, 6) is 0.922. The first-order valence-corrected chi connectivity index (χ1v) is 8.75. The fourth-order valence-corrected chi connectivity index (χ4v) is 4.48. The van der Waals surface area contributed by atoms with Gasteiger partial charge in [0.15, 0.2) is 0 Å². The monoisotopic (exact) mass is 327 g/mol. The summed E-state index contributed by atoms with van der Waals surface area (Å²) in [6.07, 6.45) is 2.56. The van der Waals surface area contributed by atoms with Gasteiger partial charge in [-0.05, 0) is 37.4 Å². The molecule has 0 bridgehead atoms. The summed E-state index contributed by atoms with van der Waals surface area (Å²) in [5, 5.41) is 3.58. The Bertz CT molecular complexity index is 493. The third-order valence-corrected chi connectivity index (χ3v) is 5.70. The van der Waals surface area contributed by atoms with Crippen molar-refractivity contribution in [2.24, 2.45) is 5.92 Å². The molecule has 1 aromatic rings. The van der Waals surface area contributed by atoms with E-state index < -0.39 is 0 Å². The quantitative estimate of drug-likeness (QED) is 0.919. The average molecular weight is 328 g/mol. The largest absolute Gasteiger partial charge is 0.340 e. The molecule has 2 aliphatic rings. The SMILES string of the molecule is CN(Cc1ccc(Cl)s1)C(=O)CN1CC2CCCNC2C1. The second kappa shape index (κ2) is 6.65. The minimum atomic E-state index is 0.193. The lowest BCUT2D eigenvalue weighted by Crippen LogP contribution is -2.41. The third-order valence-electron chi connectivity index (χ3n) is 4.48. The van der Waals surface area contributed by atoms with E-state index in [4.69, 9.17) is 11.6 Å². The van der Waals surface area contributed by atoms with Crippen LogP contribution in [0, 0.1) is 5.92 Å². The fraction of sp³-hybridized carbons (Fsp3) is 0.667. The van der Waals surface area contributed by atoms with Gasteiger partial charge in [-0.1, -0.05) is 11.6 Å². The van der Waals surface area contributed by atoms with Gasteiger partial charge in [0.2, 0.25) is 5.91 Å². The van der Waals surface area contributed by atoms with Gasteiger partial charge in [-0.25, -0.2) is 0 Å². The maximum Gasteiger partial charge on any atom is 0.236 e. The van der Waals surface area contributed by atoms with E-state index in [1.807, 2.05) is 19.2 Å². The highest BCUT2D eigenvalue weighted by Crippen LogP contribution is 2.25. The van der Waals surface area contributed by atoms with Gasteiger partial charge in [-0.2, -0.15) is 0 Å². The number of amides is 1. The Morgan fingerprint density at radius 3 is 3.10 bits per heavy atom. The van der Waals surface area contributed by atoms with Gasteiger partial charge in [-0.3, -0.25) is 9.69 Å². The first-order chi connectivity index (χ1) is 10.1. The number of piperidine rings is 1. The van der Waals surface area contributed by atoms with Crippen molar-refractivity contribution < 1.29 is 4.79 Å². The summed E-state index contributed by atoms with van der Waals surface area (Å²) >= 11 is 7.47. The number of halogens is 1. The van der Waals surface area contributed by atoms with Crippen LogP contribution in [0.25, 0.3) is 0 Å². The molecule has 0 aromatic carbocycles. The molecule has 1 N–H and O–H groups in total. The first kappa shape index (κ1) is 15.3. The van der Waals surface area contributed by atoms with Crippen LogP contribution in [0.2, 0.25) is 4.34 Å². The first-order valence-electron chi connectivity index (χ1n) is 7.56. The van der Waals surface area contributed by atoms with Crippen LogP contribution < -0.4 is 5.32 Å². The van der Waals surface area contributed by atoms with E-state index in [0.717, 1.165) is 34.8 Å². The van der Waals surface area contributed by atoms with Crippen molar-refractivity contribution >= 4 is 28.8 Å². The van der Waals surface area contributed by atoms with Gasteiger partial charge in [0.1, 0.15) is 0 Å². The number of thiophene rings is 1. The van der Waals surface area contributed by atoms with Crippen LogP contribution in [-0.4, -0.2) is 55.0 Å². The van der Waals surface area contributed by atoms with Gasteiger partial charge in [0.25, 0.3) is 0 Å². The van der Waals surface area contributed by atoms with Crippen LogP contribution >= 0.6 is 22.9 Å². The Morgan fingerprint density at radius 2 is 2.38 bits per heavy atom. The molecule has 21 heavy (non-hydrogen) atoms. The number of fused-ring (bicyclic) bond motifs is 1. The molecule has 2 atom stereocenters. The smallest absolute Gasteiger partial charge is 0.236 e. The van der Waals surface area contributed by atoms with Crippen molar-refractivity contribution in [3.8, 4) is 0 Å². The zero-order valence-electron chi connectivity index (χ0n) is 12.3. The minimum absolute atomic E-state index is 0.193. The third kappa shape index (κ3) is 3.77. The molecule has 3 heterocycles. The van der Waals surface area contributed by atoms with Gasteiger partial charge in [-0.15, -0.1) is 11.3 Å². The number of nitrogens with zero attached hydrogens (tertiary/aromatic N) is 2. The molecule has 2 unspecified atom stereocenters. The number of hydrogen-bond acceptors (Lipinski definition) is 4. The second-order valence-electron chi connectivity index (χ2n) is 6.11. The maximum absolute atomic E-state index is 12.4. The predicted molar refractivity (Wildman–Crippen MR) is 86.8 cm³/mol. The minimum Gasteiger partial charge on any atom is -0.340 e. The second-order valence-corrected chi connectivity index (χ2v) is 7.91. The highest BCUT2D eigenvalue weighted by molar-refractivity contribution is 7.16. The summed E-state index contributed by atoms with van der Waals surface area (Å²) in [6, 6.07) is 4.47. The Kier molecular flexibility index (Phi) is 4.84. The summed E-state index contributed by atoms with van der Waals surface area (Å²) in [5.41, 5.74) is 0. The summed E-state index contributed by atoms with van der Waals surface area (Å²) in [7, 11) is 1.87. The Labute approximate surface area is 135 Å². The molecule has 6 heteroatoms. The fourth-order valence-electron chi connectivity index (χ4n) is 3.34. The Balaban J connectivity index is 1.49. The molecule has 4 nitrogen and oxygen atoms in total. The van der Waals surface area contributed by atoms with Crippen LogP contribution in [0.15, 0.2) is 12.1 Å². The number of likely N-dealkylation sites (tertiary alicyclic amines) is 1. The summed E-state index contributed by atoms with van der Waals surface area (Å²) < 4.78 is 0.778. The number of likely N-dealkylation sites (N-methyl/N-ethyl adjacent to an activating group) is 1. The van der Waals surface area contributed by atoms with E-state index in [1.54, 1.807) is 16.2 Å². The lowest BCUT2D eigenvalue weighted by atomic mass is 9.94. The van der Waals surface area contributed by atoms with E-state index in [0.29, 0.717) is 19.1 Å². The number of rotatable bonds is 4. The molecule has 0 saturated carbocycles. The normalized spacial score (nSPS) is 25.8. The Morgan fingerprint density at radius 1 is 1.52 bits per heavy atom. The average Bonchev–Trinajstić information content (AvgIpc) is 3.04. The van der Waals surface area contributed by atoms with Gasteiger partial charge < -0.3 is 10.2 Å². The van der Waals surface area contributed by atoms with Crippen LogP contribution in [0.1, 0.15) is 17.7 Å². The van der Waals surface area contributed by atoms with Crippen molar-refractivity contribution in [3.05, 3.63) is 21.3 Å². The maximum atomic E-state index is 12.4. The van der Waals surface area contributed by atoms with Crippen LogP contribution in [0.5, 0.6) is 0 Å². The van der Waals surface area contributed by atoms with E-state index in [-0.39, 0.29) is 5.91 Å². The Hall–Kier alpha value is -0.620. The van der Waals surface area contributed by atoms with Crippen molar-refractivity contribution in [2.45, 2.75) is 25.4 Å². The highest BCUT2D eigenvalue weighted by Gasteiger charge is 2.35. The van der Waals surface area contributed by atoms with E-state index in [9.17, 15) is 4.79 Å². The number of carbonyl (C=O) groups excluding carboxylic acids is 1. The molecule has 2 fully saturated rings. The van der Waals surface area contributed by atoms with Gasteiger partial charge in [0.05, 0.1) is 17.4 Å². The molecule has 3 rings (SSSR count). The number of nitrogens with one attached hydrogen (secondary N) is 1. The van der Waals surface area contributed by atoms with Crippen molar-refractivity contribution in [2.75, 3.05) is 33.2 Å². The molecular formula is C15H22ClN3OS. The lowest BCUT2D eigenvalue weighted by Gasteiger charge is -2.24.